The maximum atomic E-state index is 12.0. The topological polar surface area (TPSA) is 55.1 Å². The predicted molar refractivity (Wildman–Crippen MR) is 62.9 cm³/mol. The summed E-state index contributed by atoms with van der Waals surface area (Å²) in [5.41, 5.74) is 1.18. The number of hydrogen-bond acceptors (Lipinski definition) is 3. The van der Waals surface area contributed by atoms with Crippen LogP contribution in [0.4, 0.5) is 5.69 Å². The lowest BCUT2D eigenvalue weighted by Crippen LogP contribution is -2.13. The third kappa shape index (κ3) is 2.06. The van der Waals surface area contributed by atoms with Crippen LogP contribution in [-0.4, -0.2) is 10.9 Å². The summed E-state index contributed by atoms with van der Waals surface area (Å²) >= 11 is 0. The monoisotopic (exact) mass is 228 g/mol. The lowest BCUT2D eigenvalue weighted by molar-refractivity contribution is 0.102. The SMILES string of the molecule is O=C(Nc1ccccc1)c1ncoc1C1CC1. The number of hydrogen-bond donors (Lipinski definition) is 1. The minimum Gasteiger partial charge on any atom is -0.447 e. The van der Waals surface area contributed by atoms with E-state index in [-0.39, 0.29) is 5.91 Å². The van der Waals surface area contributed by atoms with Gasteiger partial charge in [-0.25, -0.2) is 4.98 Å². The summed E-state index contributed by atoms with van der Waals surface area (Å²) in [7, 11) is 0. The first kappa shape index (κ1) is 10.1. The van der Waals surface area contributed by atoms with Crippen molar-refractivity contribution in [2.24, 2.45) is 0 Å². The van der Waals surface area contributed by atoms with Gasteiger partial charge in [0.2, 0.25) is 0 Å². The molecule has 17 heavy (non-hydrogen) atoms. The van der Waals surface area contributed by atoms with Crippen LogP contribution in [0.1, 0.15) is 35.0 Å². The van der Waals surface area contributed by atoms with Gasteiger partial charge in [-0.3, -0.25) is 4.79 Å². The van der Waals surface area contributed by atoms with E-state index >= 15 is 0 Å². The molecule has 0 bridgehead atoms. The molecule has 1 aliphatic carbocycles. The van der Waals surface area contributed by atoms with Gasteiger partial charge in [0.25, 0.3) is 5.91 Å². The fourth-order valence-corrected chi connectivity index (χ4v) is 1.77. The van der Waals surface area contributed by atoms with E-state index in [1.807, 2.05) is 30.3 Å². The Hall–Kier alpha value is -2.10. The summed E-state index contributed by atoms with van der Waals surface area (Å²) in [6.07, 6.45) is 3.51. The Bertz CT molecular complexity index is 529. The number of carbonyl (C=O) groups is 1. The zero-order chi connectivity index (χ0) is 11.7. The van der Waals surface area contributed by atoms with E-state index in [1.165, 1.54) is 6.39 Å². The van der Waals surface area contributed by atoms with Crippen molar-refractivity contribution in [3.05, 3.63) is 48.2 Å². The van der Waals surface area contributed by atoms with Crippen LogP contribution in [-0.2, 0) is 0 Å². The zero-order valence-electron chi connectivity index (χ0n) is 9.22. The smallest absolute Gasteiger partial charge is 0.277 e. The van der Waals surface area contributed by atoms with E-state index in [0.717, 1.165) is 24.3 Å². The molecule has 1 amide bonds. The molecule has 4 nitrogen and oxygen atoms in total. The largest absolute Gasteiger partial charge is 0.447 e. The van der Waals surface area contributed by atoms with E-state index in [2.05, 4.69) is 10.3 Å². The lowest BCUT2D eigenvalue weighted by atomic mass is 10.2. The average molecular weight is 228 g/mol. The number of carbonyl (C=O) groups excluding carboxylic acids is 1. The molecule has 1 heterocycles. The number of para-hydroxylation sites is 1. The van der Waals surface area contributed by atoms with Crippen LogP contribution in [0.2, 0.25) is 0 Å². The molecular formula is C13H12N2O2. The van der Waals surface area contributed by atoms with Crippen molar-refractivity contribution >= 4 is 11.6 Å². The molecule has 0 unspecified atom stereocenters. The molecule has 3 rings (SSSR count). The minimum atomic E-state index is -0.202. The molecule has 86 valence electrons. The third-order valence-electron chi connectivity index (χ3n) is 2.79. The second-order valence-electron chi connectivity index (χ2n) is 4.16. The molecule has 1 aliphatic rings. The minimum absolute atomic E-state index is 0.202. The van der Waals surface area contributed by atoms with Gasteiger partial charge >= 0.3 is 0 Å². The normalized spacial score (nSPS) is 14.6. The highest BCUT2D eigenvalue weighted by Gasteiger charge is 2.32. The fourth-order valence-electron chi connectivity index (χ4n) is 1.77. The van der Waals surface area contributed by atoms with E-state index in [4.69, 9.17) is 4.42 Å². The summed E-state index contributed by atoms with van der Waals surface area (Å²) < 4.78 is 5.28. The number of nitrogens with one attached hydrogen (secondary N) is 1. The van der Waals surface area contributed by atoms with Crippen LogP contribution in [0.25, 0.3) is 0 Å². The lowest BCUT2D eigenvalue weighted by Gasteiger charge is -2.03. The maximum absolute atomic E-state index is 12.0. The summed E-state index contributed by atoms with van der Waals surface area (Å²) in [6, 6.07) is 9.34. The molecule has 4 heteroatoms. The van der Waals surface area contributed by atoms with Gasteiger partial charge in [-0.15, -0.1) is 0 Å². The first-order chi connectivity index (χ1) is 8.34. The fraction of sp³-hybridized carbons (Fsp3) is 0.231. The Kier molecular flexibility index (Phi) is 2.40. The molecule has 1 aromatic carbocycles. The second kappa shape index (κ2) is 4.05. The summed E-state index contributed by atoms with van der Waals surface area (Å²) in [4.78, 5) is 16.0. The third-order valence-corrected chi connectivity index (χ3v) is 2.79. The van der Waals surface area contributed by atoms with Crippen molar-refractivity contribution in [2.45, 2.75) is 18.8 Å². The van der Waals surface area contributed by atoms with Crippen LogP contribution in [0.5, 0.6) is 0 Å². The van der Waals surface area contributed by atoms with Crippen molar-refractivity contribution in [1.29, 1.82) is 0 Å². The van der Waals surface area contributed by atoms with Crippen molar-refractivity contribution in [3.8, 4) is 0 Å². The number of anilines is 1. The van der Waals surface area contributed by atoms with E-state index in [1.54, 1.807) is 0 Å². The molecule has 0 saturated heterocycles. The number of oxazole rings is 1. The Morgan fingerprint density at radius 2 is 2.06 bits per heavy atom. The Morgan fingerprint density at radius 3 is 2.76 bits per heavy atom. The molecule has 0 aliphatic heterocycles. The zero-order valence-corrected chi connectivity index (χ0v) is 9.22. The van der Waals surface area contributed by atoms with Gasteiger partial charge in [-0.1, -0.05) is 18.2 Å². The number of nitrogens with zero attached hydrogens (tertiary/aromatic N) is 1. The Labute approximate surface area is 98.7 Å². The van der Waals surface area contributed by atoms with E-state index < -0.39 is 0 Å². The predicted octanol–water partition coefficient (Wildman–Crippen LogP) is 2.80. The van der Waals surface area contributed by atoms with Crippen molar-refractivity contribution in [1.82, 2.24) is 4.98 Å². The number of benzene rings is 1. The molecule has 1 fully saturated rings. The highest BCUT2D eigenvalue weighted by molar-refractivity contribution is 6.03. The summed E-state index contributed by atoms with van der Waals surface area (Å²) in [5, 5.41) is 2.81. The van der Waals surface area contributed by atoms with Gasteiger partial charge in [-0.2, -0.15) is 0 Å². The van der Waals surface area contributed by atoms with Gasteiger partial charge in [-0.05, 0) is 25.0 Å². The van der Waals surface area contributed by atoms with Gasteiger partial charge in [0.15, 0.2) is 12.1 Å². The Morgan fingerprint density at radius 1 is 1.29 bits per heavy atom. The quantitative estimate of drug-likeness (QED) is 0.878. The highest BCUT2D eigenvalue weighted by atomic mass is 16.3. The van der Waals surface area contributed by atoms with Crippen molar-refractivity contribution in [2.75, 3.05) is 5.32 Å². The average Bonchev–Trinajstić information content (AvgIpc) is 3.08. The van der Waals surface area contributed by atoms with Gasteiger partial charge in [0.1, 0.15) is 5.76 Å². The molecule has 1 N–H and O–H groups in total. The molecule has 2 aromatic rings. The molecule has 1 saturated carbocycles. The van der Waals surface area contributed by atoms with Crippen LogP contribution in [0.15, 0.2) is 41.1 Å². The highest BCUT2D eigenvalue weighted by Crippen LogP contribution is 2.41. The van der Waals surface area contributed by atoms with Gasteiger partial charge in [0.05, 0.1) is 0 Å². The van der Waals surface area contributed by atoms with Gasteiger partial charge in [0, 0.05) is 11.6 Å². The first-order valence-corrected chi connectivity index (χ1v) is 5.64. The second-order valence-corrected chi connectivity index (χ2v) is 4.16. The van der Waals surface area contributed by atoms with Crippen molar-refractivity contribution in [3.63, 3.8) is 0 Å². The molecule has 0 spiro atoms. The summed E-state index contributed by atoms with van der Waals surface area (Å²) in [5.74, 6) is 0.902. The molecule has 1 aromatic heterocycles. The molecule has 0 atom stereocenters. The number of amides is 1. The standard InChI is InChI=1S/C13H12N2O2/c16-13(15-10-4-2-1-3-5-10)11-12(9-6-7-9)17-8-14-11/h1-5,8-9H,6-7H2,(H,15,16). The van der Waals surface area contributed by atoms with Crippen LogP contribution in [0.3, 0.4) is 0 Å². The van der Waals surface area contributed by atoms with E-state index in [0.29, 0.717) is 11.6 Å². The maximum Gasteiger partial charge on any atom is 0.277 e. The number of rotatable bonds is 3. The first-order valence-electron chi connectivity index (χ1n) is 5.64. The summed E-state index contributed by atoms with van der Waals surface area (Å²) in [6.45, 7) is 0. The van der Waals surface area contributed by atoms with Crippen molar-refractivity contribution < 1.29 is 9.21 Å². The van der Waals surface area contributed by atoms with Crippen LogP contribution >= 0.6 is 0 Å². The number of aromatic nitrogens is 1. The van der Waals surface area contributed by atoms with E-state index in [9.17, 15) is 4.79 Å². The van der Waals surface area contributed by atoms with Crippen LogP contribution < -0.4 is 5.32 Å². The molecular weight excluding hydrogens is 216 g/mol. The Balaban J connectivity index is 1.80. The van der Waals surface area contributed by atoms with Crippen LogP contribution in [0, 0.1) is 0 Å². The molecule has 0 radical (unpaired) electrons. The van der Waals surface area contributed by atoms with Gasteiger partial charge < -0.3 is 9.73 Å².